The summed E-state index contributed by atoms with van der Waals surface area (Å²) in [5, 5.41) is 2.44. The Morgan fingerprint density at radius 3 is 1.74 bits per heavy atom. The van der Waals surface area contributed by atoms with Crippen LogP contribution in [-0.2, 0) is 0 Å². The molecule has 8 aromatic rings. The van der Waals surface area contributed by atoms with Crippen LogP contribution >= 0.6 is 0 Å². The van der Waals surface area contributed by atoms with Crippen LogP contribution in [0, 0.1) is 0 Å². The van der Waals surface area contributed by atoms with Crippen LogP contribution in [0.2, 0.25) is 0 Å². The van der Waals surface area contributed by atoms with Crippen molar-refractivity contribution in [3.63, 3.8) is 0 Å². The highest BCUT2D eigenvalue weighted by Crippen LogP contribution is 2.39. The molecular formula is C39H27N3. The number of imidazole rings is 1. The van der Waals surface area contributed by atoms with Crippen molar-refractivity contribution in [2.75, 3.05) is 0 Å². The molecule has 0 saturated carbocycles. The van der Waals surface area contributed by atoms with Crippen molar-refractivity contribution < 1.29 is 0 Å². The average molecular weight is 538 g/mol. The molecule has 0 bridgehead atoms. The molecule has 8 rings (SSSR count). The fourth-order valence-electron chi connectivity index (χ4n) is 6.17. The van der Waals surface area contributed by atoms with Gasteiger partial charge >= 0.3 is 0 Å². The SMILES string of the molecule is c1ccc(-c2cccc(-c3ccccc3)c2-n2ccnc2-c2ccc3c(c2)c2ccccc2n3-c2ccccc2)cc1. The van der Waals surface area contributed by atoms with E-state index in [4.69, 9.17) is 4.98 Å². The van der Waals surface area contributed by atoms with Crippen LogP contribution in [0.1, 0.15) is 0 Å². The third-order valence-corrected chi connectivity index (χ3v) is 8.03. The van der Waals surface area contributed by atoms with Crippen molar-refractivity contribution in [3.8, 4) is 45.0 Å². The van der Waals surface area contributed by atoms with Crippen molar-refractivity contribution >= 4 is 21.8 Å². The Bertz CT molecular complexity index is 2110. The fourth-order valence-corrected chi connectivity index (χ4v) is 6.17. The summed E-state index contributed by atoms with van der Waals surface area (Å²) < 4.78 is 4.60. The molecule has 0 aliphatic carbocycles. The first-order chi connectivity index (χ1) is 20.9. The summed E-state index contributed by atoms with van der Waals surface area (Å²) in [4.78, 5) is 4.94. The first kappa shape index (κ1) is 24.2. The molecule has 0 unspecified atom stereocenters. The highest BCUT2D eigenvalue weighted by atomic mass is 15.1. The first-order valence-electron chi connectivity index (χ1n) is 14.2. The fraction of sp³-hybridized carbons (Fsp3) is 0. The van der Waals surface area contributed by atoms with Crippen molar-refractivity contribution in [2.45, 2.75) is 0 Å². The zero-order valence-corrected chi connectivity index (χ0v) is 22.9. The second kappa shape index (κ2) is 10.1. The van der Waals surface area contributed by atoms with Gasteiger partial charge in [-0.25, -0.2) is 4.98 Å². The van der Waals surface area contributed by atoms with E-state index in [0.717, 1.165) is 33.9 Å². The number of para-hydroxylation sites is 3. The number of nitrogens with zero attached hydrogens (tertiary/aromatic N) is 3. The van der Waals surface area contributed by atoms with E-state index in [-0.39, 0.29) is 0 Å². The molecule has 0 aliphatic rings. The third kappa shape index (κ3) is 3.94. The summed E-state index contributed by atoms with van der Waals surface area (Å²) in [5.74, 6) is 0.911. The predicted molar refractivity (Wildman–Crippen MR) is 174 cm³/mol. The number of aromatic nitrogens is 3. The number of rotatable bonds is 5. The number of hydrogen-bond donors (Lipinski definition) is 0. The minimum atomic E-state index is 0.911. The lowest BCUT2D eigenvalue weighted by Crippen LogP contribution is -2.02. The van der Waals surface area contributed by atoms with E-state index in [1.165, 1.54) is 32.9 Å². The molecule has 0 fully saturated rings. The van der Waals surface area contributed by atoms with Gasteiger partial charge in [-0.2, -0.15) is 0 Å². The highest BCUT2D eigenvalue weighted by molar-refractivity contribution is 6.10. The molecule has 6 aromatic carbocycles. The molecule has 0 aliphatic heterocycles. The molecule has 198 valence electrons. The molecule has 0 radical (unpaired) electrons. The maximum atomic E-state index is 4.94. The first-order valence-corrected chi connectivity index (χ1v) is 14.2. The Morgan fingerprint density at radius 2 is 1.05 bits per heavy atom. The van der Waals surface area contributed by atoms with E-state index < -0.39 is 0 Å². The highest BCUT2D eigenvalue weighted by Gasteiger charge is 2.19. The number of hydrogen-bond acceptors (Lipinski definition) is 1. The van der Waals surface area contributed by atoms with Crippen LogP contribution in [0.4, 0.5) is 0 Å². The third-order valence-electron chi connectivity index (χ3n) is 8.03. The minimum Gasteiger partial charge on any atom is -0.309 e. The Kier molecular flexibility index (Phi) is 5.79. The van der Waals surface area contributed by atoms with Crippen molar-refractivity contribution in [3.05, 3.63) is 164 Å². The van der Waals surface area contributed by atoms with E-state index in [1.807, 2.05) is 6.20 Å². The van der Waals surface area contributed by atoms with E-state index in [2.05, 4.69) is 167 Å². The smallest absolute Gasteiger partial charge is 0.144 e. The number of fused-ring (bicyclic) bond motifs is 3. The molecule has 0 amide bonds. The lowest BCUT2D eigenvalue weighted by atomic mass is 9.95. The molecule has 0 saturated heterocycles. The zero-order chi connectivity index (χ0) is 27.9. The number of benzene rings is 6. The van der Waals surface area contributed by atoms with E-state index in [1.54, 1.807) is 0 Å². The second-order valence-electron chi connectivity index (χ2n) is 10.5. The van der Waals surface area contributed by atoms with E-state index in [0.29, 0.717) is 0 Å². The van der Waals surface area contributed by atoms with Crippen LogP contribution in [0.3, 0.4) is 0 Å². The molecule has 0 spiro atoms. The normalized spacial score (nSPS) is 11.3. The van der Waals surface area contributed by atoms with Gasteiger partial charge in [-0.1, -0.05) is 115 Å². The zero-order valence-electron chi connectivity index (χ0n) is 22.9. The molecule has 3 heteroatoms. The van der Waals surface area contributed by atoms with Gasteiger partial charge in [0.25, 0.3) is 0 Å². The van der Waals surface area contributed by atoms with Gasteiger partial charge in [-0.3, -0.25) is 4.57 Å². The summed E-state index contributed by atoms with van der Waals surface area (Å²) in [7, 11) is 0. The van der Waals surface area contributed by atoms with Crippen molar-refractivity contribution in [2.24, 2.45) is 0 Å². The molecular weight excluding hydrogens is 510 g/mol. The minimum absolute atomic E-state index is 0.911. The second-order valence-corrected chi connectivity index (χ2v) is 10.5. The summed E-state index contributed by atoms with van der Waals surface area (Å²) in [6, 6.07) is 53.7. The topological polar surface area (TPSA) is 22.8 Å². The average Bonchev–Trinajstić information content (AvgIpc) is 3.68. The van der Waals surface area contributed by atoms with Gasteiger partial charge in [0.2, 0.25) is 0 Å². The summed E-state index contributed by atoms with van der Waals surface area (Å²) in [6.07, 6.45) is 3.99. The summed E-state index contributed by atoms with van der Waals surface area (Å²) in [6.45, 7) is 0. The summed E-state index contributed by atoms with van der Waals surface area (Å²) in [5.41, 5.74) is 10.4. The van der Waals surface area contributed by atoms with Gasteiger partial charge in [-0.15, -0.1) is 0 Å². The maximum Gasteiger partial charge on any atom is 0.144 e. The standard InChI is InChI=1S/C39H27N3/c1-4-13-28(14-5-1)32-20-12-21-33(29-15-6-2-7-16-29)38(32)41-26-25-40-39(41)30-23-24-37-35(27-30)34-19-10-11-22-36(34)42(37)31-17-8-3-9-18-31/h1-27H. The van der Waals surface area contributed by atoms with Gasteiger partial charge in [0, 0.05) is 45.5 Å². The van der Waals surface area contributed by atoms with Gasteiger partial charge in [0.05, 0.1) is 16.7 Å². The van der Waals surface area contributed by atoms with Gasteiger partial charge in [0.1, 0.15) is 5.82 Å². The lowest BCUT2D eigenvalue weighted by Gasteiger charge is -2.19. The largest absolute Gasteiger partial charge is 0.309 e. The van der Waals surface area contributed by atoms with Crippen LogP contribution in [0.15, 0.2) is 164 Å². The molecule has 0 atom stereocenters. The monoisotopic (exact) mass is 537 g/mol. The van der Waals surface area contributed by atoms with Crippen LogP contribution < -0.4 is 0 Å². The Balaban J connectivity index is 1.37. The molecule has 42 heavy (non-hydrogen) atoms. The van der Waals surface area contributed by atoms with Crippen molar-refractivity contribution in [1.82, 2.24) is 14.1 Å². The quantitative estimate of drug-likeness (QED) is 0.214. The Hall–Kier alpha value is -5.67. The van der Waals surface area contributed by atoms with Gasteiger partial charge in [-0.05, 0) is 47.5 Å². The lowest BCUT2D eigenvalue weighted by molar-refractivity contribution is 1.07. The molecule has 2 aromatic heterocycles. The van der Waals surface area contributed by atoms with Crippen molar-refractivity contribution in [1.29, 1.82) is 0 Å². The molecule has 2 heterocycles. The van der Waals surface area contributed by atoms with E-state index in [9.17, 15) is 0 Å². The Labute approximate surface area is 244 Å². The molecule has 3 nitrogen and oxygen atoms in total. The van der Waals surface area contributed by atoms with Gasteiger partial charge in [0.15, 0.2) is 0 Å². The van der Waals surface area contributed by atoms with Crippen LogP contribution in [-0.4, -0.2) is 14.1 Å². The summed E-state index contributed by atoms with van der Waals surface area (Å²) >= 11 is 0. The van der Waals surface area contributed by atoms with Crippen LogP contribution in [0.25, 0.3) is 66.8 Å². The maximum absolute atomic E-state index is 4.94. The Morgan fingerprint density at radius 1 is 0.452 bits per heavy atom. The van der Waals surface area contributed by atoms with E-state index >= 15 is 0 Å². The van der Waals surface area contributed by atoms with Gasteiger partial charge < -0.3 is 4.57 Å². The van der Waals surface area contributed by atoms with Crippen LogP contribution in [0.5, 0.6) is 0 Å². The predicted octanol–water partition coefficient (Wildman–Crippen LogP) is 9.97. The molecule has 0 N–H and O–H groups in total.